The van der Waals surface area contributed by atoms with Crippen molar-refractivity contribution < 1.29 is 33.7 Å². The van der Waals surface area contributed by atoms with E-state index >= 15 is 0 Å². The predicted molar refractivity (Wildman–Crippen MR) is 163 cm³/mol. The van der Waals surface area contributed by atoms with Crippen LogP contribution in [0, 0.1) is 20.2 Å². The van der Waals surface area contributed by atoms with Gasteiger partial charge in [-0.3, -0.25) is 25.0 Å². The Hall–Kier alpha value is -5.61. The van der Waals surface area contributed by atoms with Gasteiger partial charge in [-0.15, -0.1) is 17.4 Å². The molecule has 0 aliphatic carbocycles. The van der Waals surface area contributed by atoms with E-state index in [4.69, 9.17) is 15.2 Å². The molecular formula is C28H28ClN7O9. The molecule has 0 bridgehead atoms. The quantitative estimate of drug-likeness (QED) is 0.132. The van der Waals surface area contributed by atoms with Crippen LogP contribution in [0.3, 0.4) is 0 Å². The van der Waals surface area contributed by atoms with E-state index in [1.165, 1.54) is 72.8 Å². The van der Waals surface area contributed by atoms with Gasteiger partial charge in [0.2, 0.25) is 5.96 Å². The third-order valence-electron chi connectivity index (χ3n) is 6.42. The van der Waals surface area contributed by atoms with Gasteiger partial charge < -0.3 is 25.8 Å². The highest BCUT2D eigenvalue weighted by molar-refractivity contribution is 6.15. The summed E-state index contributed by atoms with van der Waals surface area (Å²) in [6.45, 7) is 0.890. The number of halogens is 1. The van der Waals surface area contributed by atoms with Crippen LogP contribution in [0.15, 0.2) is 77.8 Å². The molecule has 1 atom stereocenters. The molecular weight excluding hydrogens is 614 g/mol. The Bertz CT molecular complexity index is 1560. The number of hydrogen-bond acceptors (Lipinski definition) is 10. The van der Waals surface area contributed by atoms with Crippen molar-refractivity contribution in [3.8, 4) is 0 Å². The molecule has 4 N–H and O–H groups in total. The second-order valence-corrected chi connectivity index (χ2v) is 9.47. The largest absolute Gasteiger partial charge is 0.444 e. The Kier molecular flexibility index (Phi) is 11.9. The number of non-ortho nitro benzene ring substituents is 2. The Morgan fingerprint density at radius 3 is 1.91 bits per heavy atom. The van der Waals surface area contributed by atoms with E-state index in [0.29, 0.717) is 23.2 Å². The van der Waals surface area contributed by atoms with Crippen LogP contribution in [0.4, 0.5) is 26.7 Å². The first-order valence-corrected chi connectivity index (χ1v) is 13.2. The molecule has 0 saturated carbocycles. The van der Waals surface area contributed by atoms with E-state index in [1.807, 2.05) is 0 Å². The third-order valence-corrected chi connectivity index (χ3v) is 6.42. The number of nitrogens with one attached hydrogen (secondary N) is 2. The number of nitro benzene ring substituents is 2. The lowest BCUT2D eigenvalue weighted by Crippen LogP contribution is -2.43. The van der Waals surface area contributed by atoms with Gasteiger partial charge in [-0.1, -0.05) is 0 Å². The molecule has 0 spiro atoms. The van der Waals surface area contributed by atoms with Gasteiger partial charge in [0.25, 0.3) is 17.3 Å². The number of benzene rings is 3. The van der Waals surface area contributed by atoms with Crippen molar-refractivity contribution in [2.45, 2.75) is 25.7 Å². The van der Waals surface area contributed by atoms with Crippen LogP contribution in [0.1, 0.15) is 27.9 Å². The maximum Gasteiger partial charge on any atom is 0.437 e. The van der Waals surface area contributed by atoms with Gasteiger partial charge in [0.05, 0.1) is 15.5 Å². The van der Waals surface area contributed by atoms with Crippen LogP contribution in [-0.4, -0.2) is 53.0 Å². The molecule has 1 heterocycles. The van der Waals surface area contributed by atoms with Crippen LogP contribution in [0.2, 0.25) is 0 Å². The molecule has 1 fully saturated rings. The van der Waals surface area contributed by atoms with Gasteiger partial charge in [0.1, 0.15) is 13.2 Å². The summed E-state index contributed by atoms with van der Waals surface area (Å²) in [7, 11) is 0. The second kappa shape index (κ2) is 15.7. The Labute approximate surface area is 261 Å². The van der Waals surface area contributed by atoms with Gasteiger partial charge in [-0.05, 0) is 72.6 Å². The van der Waals surface area contributed by atoms with Crippen LogP contribution in [0.25, 0.3) is 0 Å². The number of hydrogen-bond donors (Lipinski definition) is 3. The highest BCUT2D eigenvalue weighted by Crippen LogP contribution is 2.19. The number of anilines is 1. The number of nitrogens with zero attached hydrogens (tertiary/aromatic N) is 4. The summed E-state index contributed by atoms with van der Waals surface area (Å²) < 4.78 is 10.4. The van der Waals surface area contributed by atoms with Crippen LogP contribution in [0.5, 0.6) is 0 Å². The van der Waals surface area contributed by atoms with Crippen molar-refractivity contribution in [3.63, 3.8) is 0 Å². The van der Waals surface area contributed by atoms with Crippen molar-refractivity contribution in [3.05, 3.63) is 110 Å². The average Bonchev–Trinajstić information content (AvgIpc) is 3.53. The van der Waals surface area contributed by atoms with E-state index < -0.39 is 28.0 Å². The van der Waals surface area contributed by atoms with Gasteiger partial charge in [-0.2, -0.15) is 0 Å². The first-order valence-electron chi connectivity index (χ1n) is 13.2. The molecule has 17 heteroatoms. The minimum atomic E-state index is -1.16. The molecule has 0 radical (unpaired) electrons. The van der Waals surface area contributed by atoms with E-state index in [-0.39, 0.29) is 54.6 Å². The lowest BCUT2D eigenvalue weighted by molar-refractivity contribution is -0.385. The molecule has 3 aromatic carbocycles. The highest BCUT2D eigenvalue weighted by atomic mass is 35.5. The molecule has 1 saturated heterocycles. The van der Waals surface area contributed by atoms with Crippen LogP contribution < -0.4 is 21.3 Å². The molecule has 16 nitrogen and oxygen atoms in total. The number of amides is 3. The summed E-state index contributed by atoms with van der Waals surface area (Å²) in [5.74, 6) is -0.921. The molecule has 1 aliphatic rings. The molecule has 1 aliphatic heterocycles. The predicted octanol–water partition coefficient (Wildman–Crippen LogP) is 3.81. The first kappa shape index (κ1) is 33.9. The summed E-state index contributed by atoms with van der Waals surface area (Å²) in [5, 5.41) is 27.8. The number of nitrogens with two attached hydrogens (primary N) is 1. The smallest absolute Gasteiger partial charge is 0.437 e. The lowest BCUT2D eigenvalue weighted by Gasteiger charge is -2.21. The minimum absolute atomic E-state index is 0. The number of ether oxygens (including phenoxy) is 2. The molecule has 0 unspecified atom stereocenters. The van der Waals surface area contributed by atoms with Crippen molar-refractivity contribution in [1.29, 1.82) is 0 Å². The standard InChI is InChI=1S/C28H27N7O9.ClH/c29-26(32-27(37)43-16-18-1-7-23(8-2-18)34(39)40)33(28(38)44-17-19-3-9-24(10-4-19)35(41)42)22-11-5-20(6-12-22)25(36)31-21-13-14-30-15-21;/h1-12,21,30H,13-17H2,(H,31,36)(H2,29,32,37);1H/t21-;/m0./s1. The normalized spacial score (nSPS) is 14.0. The maximum absolute atomic E-state index is 13.2. The zero-order chi connectivity index (χ0) is 31.6. The summed E-state index contributed by atoms with van der Waals surface area (Å²) in [6.07, 6.45) is -1.40. The second-order valence-electron chi connectivity index (χ2n) is 9.47. The maximum atomic E-state index is 13.2. The molecule has 3 aromatic rings. The van der Waals surface area contributed by atoms with Gasteiger partial charge in [0, 0.05) is 42.4 Å². The molecule has 45 heavy (non-hydrogen) atoms. The lowest BCUT2D eigenvalue weighted by atomic mass is 10.1. The summed E-state index contributed by atoms with van der Waals surface area (Å²) in [6, 6.07) is 16.4. The van der Waals surface area contributed by atoms with Gasteiger partial charge in [-0.25, -0.2) is 14.5 Å². The van der Waals surface area contributed by atoms with Crippen molar-refractivity contribution in [2.24, 2.45) is 10.7 Å². The summed E-state index contributed by atoms with van der Waals surface area (Å²) in [5.41, 5.74) is 7.08. The fourth-order valence-electron chi connectivity index (χ4n) is 4.10. The van der Waals surface area contributed by atoms with Crippen molar-refractivity contribution >= 4 is 53.5 Å². The highest BCUT2D eigenvalue weighted by Gasteiger charge is 2.24. The Balaban J connectivity index is 0.00000552. The zero-order valence-electron chi connectivity index (χ0n) is 23.5. The molecule has 236 valence electrons. The summed E-state index contributed by atoms with van der Waals surface area (Å²) >= 11 is 0. The van der Waals surface area contributed by atoms with E-state index in [1.54, 1.807) is 0 Å². The zero-order valence-corrected chi connectivity index (χ0v) is 24.3. The fraction of sp³-hybridized carbons (Fsp3) is 0.214. The molecule has 4 rings (SSSR count). The summed E-state index contributed by atoms with van der Waals surface area (Å²) in [4.78, 5) is 63.3. The molecule has 3 amide bonds. The van der Waals surface area contributed by atoms with Crippen molar-refractivity contribution in [2.75, 3.05) is 18.0 Å². The van der Waals surface area contributed by atoms with E-state index in [0.717, 1.165) is 17.9 Å². The SMILES string of the molecule is Cl.NC(=NC(=O)OCc1ccc([N+](=O)[O-])cc1)N(C(=O)OCc1ccc([N+](=O)[O-])cc1)c1ccc(C(=O)N[C@H]2CCNC2)cc1. The number of aliphatic imine (C=N–C) groups is 1. The van der Waals surface area contributed by atoms with Crippen molar-refractivity contribution in [1.82, 2.24) is 10.6 Å². The Morgan fingerprint density at radius 1 is 0.889 bits per heavy atom. The van der Waals surface area contributed by atoms with Gasteiger partial charge >= 0.3 is 12.2 Å². The number of guanidine groups is 1. The number of carbonyl (C=O) groups is 3. The third kappa shape index (κ3) is 9.44. The average molecular weight is 642 g/mol. The number of rotatable bonds is 9. The van der Waals surface area contributed by atoms with Crippen LogP contribution in [-0.2, 0) is 22.7 Å². The topological polar surface area (TPSA) is 222 Å². The van der Waals surface area contributed by atoms with E-state index in [9.17, 15) is 34.6 Å². The van der Waals surface area contributed by atoms with E-state index in [2.05, 4.69) is 15.6 Å². The van der Waals surface area contributed by atoms with Gasteiger partial charge in [0.15, 0.2) is 0 Å². The number of carbonyl (C=O) groups excluding carboxylic acids is 3. The molecule has 0 aromatic heterocycles. The first-order chi connectivity index (χ1) is 21.1. The minimum Gasteiger partial charge on any atom is -0.444 e. The Morgan fingerprint density at radius 2 is 1.42 bits per heavy atom. The number of nitro groups is 2. The van der Waals surface area contributed by atoms with Crippen LogP contribution >= 0.6 is 12.4 Å². The fourth-order valence-corrected chi connectivity index (χ4v) is 4.10. The monoisotopic (exact) mass is 641 g/mol.